The van der Waals surface area contributed by atoms with Crippen molar-refractivity contribution < 1.29 is 29.0 Å². The highest BCUT2D eigenvalue weighted by Gasteiger charge is 2.66. The van der Waals surface area contributed by atoms with Crippen LogP contribution in [-0.4, -0.2) is 80.0 Å². The van der Waals surface area contributed by atoms with Gasteiger partial charge in [-0.25, -0.2) is 0 Å². The van der Waals surface area contributed by atoms with Gasteiger partial charge in [-0.2, -0.15) is 0 Å². The summed E-state index contributed by atoms with van der Waals surface area (Å²) in [4.78, 5) is 45.6. The van der Waals surface area contributed by atoms with E-state index in [-0.39, 0.29) is 17.7 Å². The number of carbonyl (C=O) groups excluding carboxylic acids is 3. The highest BCUT2D eigenvalue weighted by molar-refractivity contribution is 6.50. The number of likely N-dealkylation sites (tertiary alicyclic amines) is 1. The molecular weight excluding hydrogens is 450 g/mol. The number of para-hydroxylation sites is 1. The Kier molecular flexibility index (Phi) is 5.52. The average molecular weight is 478 g/mol. The second kappa shape index (κ2) is 8.42. The molecule has 0 saturated carbocycles. The van der Waals surface area contributed by atoms with Gasteiger partial charge in [0.25, 0.3) is 17.6 Å². The van der Waals surface area contributed by atoms with Gasteiger partial charge in [0, 0.05) is 30.4 Å². The fourth-order valence-electron chi connectivity index (χ4n) is 5.15. The zero-order valence-electron chi connectivity index (χ0n) is 19.9. The van der Waals surface area contributed by atoms with Crippen molar-refractivity contribution in [2.24, 2.45) is 0 Å². The van der Waals surface area contributed by atoms with Crippen LogP contribution in [0.5, 0.6) is 11.5 Å². The minimum Gasteiger partial charge on any atom is -0.507 e. The number of benzene rings is 2. The van der Waals surface area contributed by atoms with Crippen LogP contribution < -0.4 is 14.4 Å². The number of nitrogens with zero attached hydrogens (tertiary/aromatic N) is 3. The third-order valence-corrected chi connectivity index (χ3v) is 6.74. The van der Waals surface area contributed by atoms with Gasteiger partial charge in [-0.3, -0.25) is 14.4 Å². The molecule has 2 aromatic rings. The lowest BCUT2D eigenvalue weighted by molar-refractivity contribution is -0.143. The fraction of sp³-hybridized carbons (Fsp3) is 0.346. The lowest BCUT2D eigenvalue weighted by atomic mass is 9.82. The molecule has 0 radical (unpaired) electrons. The summed E-state index contributed by atoms with van der Waals surface area (Å²) in [5, 5.41) is 11.5. The maximum absolute atomic E-state index is 13.9. The first kappa shape index (κ1) is 22.9. The molecule has 3 aliphatic rings. The van der Waals surface area contributed by atoms with E-state index in [1.165, 1.54) is 9.80 Å². The van der Waals surface area contributed by atoms with E-state index in [0.717, 1.165) is 0 Å². The highest BCUT2D eigenvalue weighted by Crippen LogP contribution is 2.53. The Hall–Kier alpha value is -3.85. The molecule has 1 spiro atoms. The van der Waals surface area contributed by atoms with E-state index in [1.54, 1.807) is 49.5 Å². The van der Waals surface area contributed by atoms with E-state index in [2.05, 4.69) is 0 Å². The van der Waals surface area contributed by atoms with Crippen LogP contribution in [0.1, 0.15) is 17.5 Å². The smallest absolute Gasteiger partial charge is 0.296 e. The van der Waals surface area contributed by atoms with Crippen molar-refractivity contribution in [2.75, 3.05) is 52.3 Å². The summed E-state index contributed by atoms with van der Waals surface area (Å²) in [5.74, 6) is -1.63. The van der Waals surface area contributed by atoms with Crippen molar-refractivity contribution in [3.05, 3.63) is 59.2 Å². The number of aliphatic hydroxyl groups excluding tert-OH is 1. The Morgan fingerprint density at radius 1 is 1.06 bits per heavy atom. The second-order valence-electron chi connectivity index (χ2n) is 9.12. The summed E-state index contributed by atoms with van der Waals surface area (Å²) in [6.07, 6.45) is 0.547. The van der Waals surface area contributed by atoms with Crippen LogP contribution in [0.15, 0.2) is 48.0 Å². The van der Waals surface area contributed by atoms with E-state index >= 15 is 0 Å². The van der Waals surface area contributed by atoms with Gasteiger partial charge >= 0.3 is 0 Å². The van der Waals surface area contributed by atoms with Gasteiger partial charge < -0.3 is 29.3 Å². The summed E-state index contributed by atoms with van der Waals surface area (Å²) in [6, 6.07) is 11.8. The van der Waals surface area contributed by atoms with Crippen LogP contribution in [0.2, 0.25) is 0 Å². The van der Waals surface area contributed by atoms with Gasteiger partial charge in [0.2, 0.25) is 0 Å². The largest absolute Gasteiger partial charge is 0.507 e. The number of anilines is 1. The number of rotatable bonds is 5. The summed E-state index contributed by atoms with van der Waals surface area (Å²) in [6.45, 7) is 1.60. The SMILES string of the molecule is CN(C)CCCN1C(=O)C(=O)/C(=C(/O)c2ccc3c(c2)OCCO3)[C@@]12C(=O)N(C)c1ccccc12. The molecule has 1 atom stereocenters. The number of ether oxygens (including phenoxy) is 2. The molecule has 182 valence electrons. The lowest BCUT2D eigenvalue weighted by Crippen LogP contribution is -2.51. The van der Waals surface area contributed by atoms with E-state index in [9.17, 15) is 19.5 Å². The molecule has 5 rings (SSSR count). The molecule has 1 saturated heterocycles. The Morgan fingerprint density at radius 2 is 1.77 bits per heavy atom. The fourth-order valence-corrected chi connectivity index (χ4v) is 5.15. The molecular formula is C26H27N3O6. The zero-order chi connectivity index (χ0) is 24.9. The molecule has 0 bridgehead atoms. The maximum atomic E-state index is 13.9. The van der Waals surface area contributed by atoms with Crippen molar-refractivity contribution in [1.82, 2.24) is 9.80 Å². The summed E-state index contributed by atoms with van der Waals surface area (Å²) < 4.78 is 11.2. The molecule has 9 heteroatoms. The third-order valence-electron chi connectivity index (χ3n) is 6.74. The van der Waals surface area contributed by atoms with Crippen LogP contribution in [0.3, 0.4) is 0 Å². The van der Waals surface area contributed by atoms with Crippen LogP contribution in [0, 0.1) is 0 Å². The predicted octanol–water partition coefficient (Wildman–Crippen LogP) is 1.96. The van der Waals surface area contributed by atoms with Crippen molar-refractivity contribution in [2.45, 2.75) is 12.0 Å². The first-order chi connectivity index (χ1) is 16.8. The standard InChI is InChI=1S/C26H27N3O6/c1-27(2)11-6-12-29-24(32)23(31)21(22(30)16-9-10-19-20(15-16)35-14-13-34-19)26(29)17-7-4-5-8-18(17)28(3)25(26)33/h4-5,7-10,15,30H,6,11-14H2,1-3H3/b22-21-/t26-/m0/s1. The normalized spacial score (nSPS) is 22.5. The number of ketones is 1. The van der Waals surface area contributed by atoms with Gasteiger partial charge in [0.05, 0.1) is 5.57 Å². The Labute approximate surface area is 203 Å². The van der Waals surface area contributed by atoms with Crippen LogP contribution in [0.4, 0.5) is 5.69 Å². The van der Waals surface area contributed by atoms with Crippen LogP contribution in [0.25, 0.3) is 5.76 Å². The Balaban J connectivity index is 1.73. The van der Waals surface area contributed by atoms with E-state index in [0.29, 0.717) is 48.9 Å². The molecule has 35 heavy (non-hydrogen) atoms. The molecule has 0 aliphatic carbocycles. The Bertz CT molecular complexity index is 1270. The quantitative estimate of drug-likeness (QED) is 0.399. The van der Waals surface area contributed by atoms with Crippen molar-refractivity contribution >= 4 is 29.0 Å². The van der Waals surface area contributed by atoms with Crippen LogP contribution >= 0.6 is 0 Å². The minimum absolute atomic E-state index is 0.175. The molecule has 2 aromatic carbocycles. The molecule has 3 heterocycles. The first-order valence-corrected chi connectivity index (χ1v) is 11.5. The van der Waals surface area contributed by atoms with E-state index < -0.39 is 28.9 Å². The number of likely N-dealkylation sites (N-methyl/N-ethyl adjacent to an activating group) is 1. The molecule has 1 N–H and O–H groups in total. The topological polar surface area (TPSA) is 99.6 Å². The van der Waals surface area contributed by atoms with Gasteiger partial charge in [-0.1, -0.05) is 18.2 Å². The number of amides is 2. The third kappa shape index (κ3) is 3.30. The van der Waals surface area contributed by atoms with Gasteiger partial charge in [0.15, 0.2) is 17.0 Å². The lowest BCUT2D eigenvalue weighted by Gasteiger charge is -2.34. The number of carbonyl (C=O) groups is 3. The maximum Gasteiger partial charge on any atom is 0.296 e. The van der Waals surface area contributed by atoms with Crippen molar-refractivity contribution in [3.63, 3.8) is 0 Å². The molecule has 0 unspecified atom stereocenters. The predicted molar refractivity (Wildman–Crippen MR) is 128 cm³/mol. The second-order valence-corrected chi connectivity index (χ2v) is 9.12. The monoisotopic (exact) mass is 477 g/mol. The van der Waals surface area contributed by atoms with Gasteiger partial charge in [-0.05, 0) is 51.3 Å². The first-order valence-electron chi connectivity index (χ1n) is 11.5. The summed E-state index contributed by atoms with van der Waals surface area (Å²) >= 11 is 0. The molecule has 0 aromatic heterocycles. The average Bonchev–Trinajstić information content (AvgIpc) is 3.22. The molecule has 1 fully saturated rings. The number of aliphatic hydroxyl groups is 1. The van der Waals surface area contributed by atoms with E-state index in [1.807, 2.05) is 19.0 Å². The minimum atomic E-state index is -1.75. The molecule has 9 nitrogen and oxygen atoms in total. The van der Waals surface area contributed by atoms with Crippen molar-refractivity contribution in [3.8, 4) is 11.5 Å². The highest BCUT2D eigenvalue weighted by atomic mass is 16.6. The number of hydrogen-bond donors (Lipinski definition) is 1. The Morgan fingerprint density at radius 3 is 2.51 bits per heavy atom. The number of fused-ring (bicyclic) bond motifs is 3. The molecule has 3 aliphatic heterocycles. The van der Waals surface area contributed by atoms with Crippen molar-refractivity contribution in [1.29, 1.82) is 0 Å². The summed E-state index contributed by atoms with van der Waals surface area (Å²) in [7, 11) is 5.44. The number of Topliss-reactive ketones (excluding diaryl/α,β-unsaturated/α-hetero) is 1. The van der Waals surface area contributed by atoms with Crippen LogP contribution in [-0.2, 0) is 19.9 Å². The van der Waals surface area contributed by atoms with Gasteiger partial charge in [0.1, 0.15) is 19.0 Å². The number of hydrogen-bond acceptors (Lipinski definition) is 7. The molecule has 2 amide bonds. The van der Waals surface area contributed by atoms with E-state index in [4.69, 9.17) is 9.47 Å². The summed E-state index contributed by atoms with van der Waals surface area (Å²) in [5.41, 5.74) is -0.630. The van der Waals surface area contributed by atoms with Gasteiger partial charge in [-0.15, -0.1) is 0 Å². The zero-order valence-corrected chi connectivity index (χ0v) is 19.9.